The summed E-state index contributed by atoms with van der Waals surface area (Å²) in [5.41, 5.74) is 1.72. The van der Waals surface area contributed by atoms with Gasteiger partial charge in [-0.2, -0.15) is 0 Å². The molecule has 1 N–H and O–H groups in total. The summed E-state index contributed by atoms with van der Waals surface area (Å²) in [4.78, 5) is 26.6. The molecule has 7 nitrogen and oxygen atoms in total. The van der Waals surface area contributed by atoms with E-state index < -0.39 is 5.91 Å². The van der Waals surface area contributed by atoms with Crippen molar-refractivity contribution in [2.75, 3.05) is 33.2 Å². The van der Waals surface area contributed by atoms with Crippen LogP contribution in [-0.4, -0.2) is 44.6 Å². The van der Waals surface area contributed by atoms with Gasteiger partial charge >= 0.3 is 0 Å². The number of nitrogens with zero attached hydrogens (tertiary/aromatic N) is 1. The highest BCUT2D eigenvalue weighted by Gasteiger charge is 2.36. The van der Waals surface area contributed by atoms with Gasteiger partial charge in [-0.05, 0) is 23.6 Å². The van der Waals surface area contributed by atoms with Crippen LogP contribution < -0.4 is 19.5 Å². The number of ether oxygens (including phenoxy) is 3. The average Bonchev–Trinajstić information content (AvgIpc) is 2.96. The monoisotopic (exact) mass is 410 g/mol. The van der Waals surface area contributed by atoms with Crippen LogP contribution in [0.5, 0.6) is 17.2 Å². The third kappa shape index (κ3) is 4.40. The summed E-state index contributed by atoms with van der Waals surface area (Å²) in [5.74, 6) is 1.48. The number of nitrogens with one attached hydrogen (secondary N) is 1. The molecule has 0 unspecified atom stereocenters. The number of anilines is 1. The van der Waals surface area contributed by atoms with Crippen molar-refractivity contribution in [3.8, 4) is 17.2 Å². The summed E-state index contributed by atoms with van der Waals surface area (Å²) in [6.07, 6.45) is 0. The van der Waals surface area contributed by atoms with Crippen molar-refractivity contribution in [1.82, 2.24) is 4.90 Å². The van der Waals surface area contributed by atoms with Crippen LogP contribution in [0.25, 0.3) is 5.57 Å². The molecule has 0 saturated heterocycles. The van der Waals surface area contributed by atoms with Gasteiger partial charge in [0, 0.05) is 30.9 Å². The predicted octanol–water partition coefficient (Wildman–Crippen LogP) is 3.56. The van der Waals surface area contributed by atoms with Crippen LogP contribution in [0.15, 0.2) is 48.2 Å². The van der Waals surface area contributed by atoms with Gasteiger partial charge in [0.25, 0.3) is 11.8 Å². The second-order valence-electron chi connectivity index (χ2n) is 7.37. The fourth-order valence-corrected chi connectivity index (χ4v) is 3.03. The van der Waals surface area contributed by atoms with Crippen molar-refractivity contribution in [2.24, 2.45) is 5.92 Å². The van der Waals surface area contributed by atoms with Crippen molar-refractivity contribution in [1.29, 1.82) is 0 Å². The van der Waals surface area contributed by atoms with Gasteiger partial charge in [-0.25, -0.2) is 0 Å². The lowest BCUT2D eigenvalue weighted by molar-refractivity contribution is -0.135. The van der Waals surface area contributed by atoms with E-state index in [2.05, 4.69) is 19.2 Å². The molecule has 0 fully saturated rings. The summed E-state index contributed by atoms with van der Waals surface area (Å²) >= 11 is 0. The van der Waals surface area contributed by atoms with Crippen LogP contribution in [0.1, 0.15) is 19.4 Å². The van der Waals surface area contributed by atoms with Crippen molar-refractivity contribution >= 4 is 23.1 Å². The highest BCUT2D eigenvalue weighted by atomic mass is 16.5. The van der Waals surface area contributed by atoms with Gasteiger partial charge in [-0.1, -0.05) is 26.0 Å². The number of carbonyl (C=O) groups excluding carboxylic acids is 2. The normalized spacial score (nSPS) is 13.9. The highest BCUT2D eigenvalue weighted by Crippen LogP contribution is 2.33. The van der Waals surface area contributed by atoms with Crippen molar-refractivity contribution in [3.63, 3.8) is 0 Å². The largest absolute Gasteiger partial charge is 0.497 e. The molecule has 0 aliphatic carbocycles. The van der Waals surface area contributed by atoms with E-state index in [4.69, 9.17) is 14.2 Å². The minimum Gasteiger partial charge on any atom is -0.497 e. The van der Waals surface area contributed by atoms with Crippen LogP contribution >= 0.6 is 0 Å². The standard InChI is InChI=1S/C23H26N2O5/c1-14(2)13-30-17-8-6-15(7-9-17)20-21(23(27)25(3)22(20)26)24-16-10-18(28-4)12-19(11-16)29-5/h6-12,14,24H,13H2,1-5H3. The van der Waals surface area contributed by atoms with Crippen LogP contribution in [0, 0.1) is 5.92 Å². The molecule has 3 rings (SSSR count). The molecule has 2 aromatic carbocycles. The molecule has 0 saturated carbocycles. The Morgan fingerprint density at radius 3 is 2.03 bits per heavy atom. The molecule has 7 heteroatoms. The van der Waals surface area contributed by atoms with Gasteiger partial charge in [0.2, 0.25) is 0 Å². The molecule has 1 aliphatic heterocycles. The summed E-state index contributed by atoms with van der Waals surface area (Å²) < 4.78 is 16.3. The number of likely N-dealkylation sites (N-methyl/N-ethyl adjacent to an activating group) is 1. The quantitative estimate of drug-likeness (QED) is 0.671. The topological polar surface area (TPSA) is 77.1 Å². The third-order valence-electron chi connectivity index (χ3n) is 4.63. The molecule has 0 bridgehead atoms. The zero-order valence-electron chi connectivity index (χ0n) is 17.8. The van der Waals surface area contributed by atoms with Gasteiger partial charge in [0.15, 0.2) is 0 Å². The summed E-state index contributed by atoms with van der Waals surface area (Å²) in [7, 11) is 4.56. The van der Waals surface area contributed by atoms with Crippen LogP contribution in [0.3, 0.4) is 0 Å². The maximum Gasteiger partial charge on any atom is 0.277 e. The first-order valence-electron chi connectivity index (χ1n) is 9.64. The average molecular weight is 410 g/mol. The third-order valence-corrected chi connectivity index (χ3v) is 4.63. The molecule has 1 heterocycles. The van der Waals surface area contributed by atoms with Gasteiger partial charge in [0.1, 0.15) is 22.9 Å². The maximum absolute atomic E-state index is 12.8. The summed E-state index contributed by atoms with van der Waals surface area (Å²) in [6.45, 7) is 4.75. The second-order valence-corrected chi connectivity index (χ2v) is 7.37. The molecular weight excluding hydrogens is 384 g/mol. The van der Waals surface area contributed by atoms with Crippen molar-refractivity contribution < 1.29 is 23.8 Å². The Labute approximate surface area is 176 Å². The summed E-state index contributed by atoms with van der Waals surface area (Å²) in [6, 6.07) is 12.3. The SMILES string of the molecule is COc1cc(NC2=C(c3ccc(OCC(C)C)cc3)C(=O)N(C)C2=O)cc(OC)c1. The first kappa shape index (κ1) is 21.2. The molecule has 2 aromatic rings. The molecule has 1 aliphatic rings. The second kappa shape index (κ2) is 8.90. The lowest BCUT2D eigenvalue weighted by atomic mass is 10.0. The zero-order valence-corrected chi connectivity index (χ0v) is 17.8. The zero-order chi connectivity index (χ0) is 21.8. The number of amides is 2. The van der Waals surface area contributed by atoms with Gasteiger partial charge in [-0.15, -0.1) is 0 Å². The van der Waals surface area contributed by atoms with Gasteiger partial charge < -0.3 is 19.5 Å². The Morgan fingerprint density at radius 1 is 0.900 bits per heavy atom. The Kier molecular flexibility index (Phi) is 6.30. The van der Waals surface area contributed by atoms with Crippen molar-refractivity contribution in [2.45, 2.75) is 13.8 Å². The molecule has 158 valence electrons. The minimum absolute atomic E-state index is 0.202. The number of hydrogen-bond donors (Lipinski definition) is 1. The molecule has 0 atom stereocenters. The van der Waals surface area contributed by atoms with Crippen LogP contribution in [0.2, 0.25) is 0 Å². The number of methoxy groups -OCH3 is 2. The van der Waals surface area contributed by atoms with E-state index in [0.717, 1.165) is 4.90 Å². The first-order valence-corrected chi connectivity index (χ1v) is 9.64. The number of hydrogen-bond acceptors (Lipinski definition) is 6. The number of rotatable bonds is 8. The highest BCUT2D eigenvalue weighted by molar-refractivity contribution is 6.36. The van der Waals surface area contributed by atoms with E-state index in [1.807, 2.05) is 0 Å². The minimum atomic E-state index is -0.406. The molecular formula is C23H26N2O5. The first-order chi connectivity index (χ1) is 14.3. The van der Waals surface area contributed by atoms with E-state index in [1.165, 1.54) is 7.05 Å². The maximum atomic E-state index is 12.8. The Balaban J connectivity index is 1.97. The summed E-state index contributed by atoms with van der Waals surface area (Å²) in [5, 5.41) is 3.08. The van der Waals surface area contributed by atoms with E-state index in [1.54, 1.807) is 56.7 Å². The van der Waals surface area contributed by atoms with Gasteiger partial charge in [0.05, 0.1) is 26.4 Å². The molecule has 0 radical (unpaired) electrons. The van der Waals surface area contributed by atoms with E-state index in [0.29, 0.717) is 46.6 Å². The number of benzene rings is 2. The lowest BCUT2D eigenvalue weighted by Crippen LogP contribution is -2.27. The van der Waals surface area contributed by atoms with E-state index in [-0.39, 0.29) is 11.6 Å². The fourth-order valence-electron chi connectivity index (χ4n) is 3.03. The molecule has 2 amide bonds. The Morgan fingerprint density at radius 2 is 1.50 bits per heavy atom. The molecule has 0 spiro atoms. The van der Waals surface area contributed by atoms with E-state index in [9.17, 15) is 9.59 Å². The van der Waals surface area contributed by atoms with E-state index >= 15 is 0 Å². The Bertz CT molecular complexity index is 957. The van der Waals surface area contributed by atoms with Gasteiger partial charge in [-0.3, -0.25) is 14.5 Å². The number of imide groups is 1. The van der Waals surface area contributed by atoms with Crippen LogP contribution in [0.4, 0.5) is 5.69 Å². The van der Waals surface area contributed by atoms with Crippen LogP contribution in [-0.2, 0) is 9.59 Å². The molecule has 0 aromatic heterocycles. The fraction of sp³-hybridized carbons (Fsp3) is 0.304. The smallest absolute Gasteiger partial charge is 0.277 e. The lowest BCUT2D eigenvalue weighted by Gasteiger charge is -2.12. The predicted molar refractivity (Wildman–Crippen MR) is 115 cm³/mol. The van der Waals surface area contributed by atoms with Crippen molar-refractivity contribution in [3.05, 3.63) is 53.7 Å². The Hall–Kier alpha value is -3.48. The molecule has 30 heavy (non-hydrogen) atoms. The number of carbonyl (C=O) groups is 2.